The fourth-order valence-electron chi connectivity index (χ4n) is 3.39. The van der Waals surface area contributed by atoms with Crippen LogP contribution in [0.4, 0.5) is 11.4 Å². The minimum Gasteiger partial charge on any atom is -0.496 e. The monoisotopic (exact) mass is 368 g/mol. The van der Waals surface area contributed by atoms with E-state index in [1.165, 1.54) is 14.2 Å². The predicted octanol–water partition coefficient (Wildman–Crippen LogP) is 3.65. The number of aryl methyl sites for hydroxylation is 1. The molecule has 0 unspecified atom stereocenters. The molecule has 0 aliphatic carbocycles. The van der Waals surface area contributed by atoms with Crippen LogP contribution in [0.5, 0.6) is 11.5 Å². The van der Waals surface area contributed by atoms with Gasteiger partial charge in [0.1, 0.15) is 17.1 Å². The number of rotatable bonds is 5. The molecule has 1 aliphatic rings. The van der Waals surface area contributed by atoms with Crippen LogP contribution in [0.15, 0.2) is 36.4 Å². The van der Waals surface area contributed by atoms with E-state index in [0.717, 1.165) is 30.6 Å². The van der Waals surface area contributed by atoms with E-state index >= 15 is 0 Å². The van der Waals surface area contributed by atoms with E-state index in [1.54, 1.807) is 18.2 Å². The Kier molecular flexibility index (Phi) is 5.64. The van der Waals surface area contributed by atoms with Gasteiger partial charge in [0.05, 0.1) is 14.2 Å². The fraction of sp³-hybridized carbons (Fsp3) is 0.333. The number of benzene rings is 2. The number of fused-ring (bicyclic) bond motifs is 1. The molecule has 3 rings (SSSR count). The number of hydrogen-bond donors (Lipinski definition) is 1. The predicted molar refractivity (Wildman–Crippen MR) is 105 cm³/mol. The zero-order valence-electron chi connectivity index (χ0n) is 15.9. The van der Waals surface area contributed by atoms with Crippen LogP contribution in [0.1, 0.15) is 35.7 Å². The van der Waals surface area contributed by atoms with Gasteiger partial charge in [-0.1, -0.05) is 13.0 Å². The van der Waals surface area contributed by atoms with Gasteiger partial charge in [0, 0.05) is 24.3 Å². The van der Waals surface area contributed by atoms with E-state index in [9.17, 15) is 9.59 Å². The van der Waals surface area contributed by atoms with Crippen LogP contribution < -0.4 is 19.7 Å². The summed E-state index contributed by atoms with van der Waals surface area (Å²) < 4.78 is 10.6. The van der Waals surface area contributed by atoms with E-state index < -0.39 is 0 Å². The van der Waals surface area contributed by atoms with Crippen molar-refractivity contribution in [2.24, 2.45) is 0 Å². The summed E-state index contributed by atoms with van der Waals surface area (Å²) in [7, 11) is 3.04. The van der Waals surface area contributed by atoms with Crippen LogP contribution in [-0.2, 0) is 11.2 Å². The maximum Gasteiger partial charge on any atom is 0.263 e. The summed E-state index contributed by atoms with van der Waals surface area (Å²) in [4.78, 5) is 26.8. The second kappa shape index (κ2) is 8.12. The second-order valence-electron chi connectivity index (χ2n) is 6.34. The molecule has 0 saturated heterocycles. The average Bonchev–Trinajstić information content (AvgIpc) is 2.71. The first kappa shape index (κ1) is 18.8. The van der Waals surface area contributed by atoms with Crippen LogP contribution in [0, 0.1) is 0 Å². The number of amides is 2. The molecule has 2 aromatic carbocycles. The molecular weight excluding hydrogens is 344 g/mol. The molecular formula is C21H24N2O4. The van der Waals surface area contributed by atoms with Crippen molar-refractivity contribution in [1.82, 2.24) is 0 Å². The van der Waals surface area contributed by atoms with Crippen molar-refractivity contribution in [2.75, 3.05) is 31.0 Å². The lowest BCUT2D eigenvalue weighted by Crippen LogP contribution is -2.34. The van der Waals surface area contributed by atoms with Crippen LogP contribution in [0.25, 0.3) is 0 Å². The van der Waals surface area contributed by atoms with Crippen molar-refractivity contribution in [1.29, 1.82) is 0 Å². The highest BCUT2D eigenvalue weighted by atomic mass is 16.5. The Balaban J connectivity index is 1.87. The van der Waals surface area contributed by atoms with Gasteiger partial charge >= 0.3 is 0 Å². The summed E-state index contributed by atoms with van der Waals surface area (Å²) in [5.74, 6) is 0.710. The minimum atomic E-state index is -0.304. The van der Waals surface area contributed by atoms with Gasteiger partial charge in [-0.05, 0) is 48.7 Å². The van der Waals surface area contributed by atoms with Crippen molar-refractivity contribution < 1.29 is 19.1 Å². The molecule has 0 spiro atoms. The highest BCUT2D eigenvalue weighted by Crippen LogP contribution is 2.32. The third-order valence-corrected chi connectivity index (χ3v) is 4.71. The van der Waals surface area contributed by atoms with E-state index in [-0.39, 0.29) is 11.8 Å². The normalized spacial score (nSPS) is 12.9. The molecule has 2 aromatic rings. The first-order chi connectivity index (χ1) is 13.1. The Morgan fingerprint density at radius 1 is 1.11 bits per heavy atom. The number of carbonyl (C=O) groups is 2. The van der Waals surface area contributed by atoms with Crippen molar-refractivity contribution >= 4 is 23.2 Å². The SMILES string of the molecule is CCC(=O)N1CCCc2cc(NC(=O)c3c(OC)cccc3OC)ccc21. The average molecular weight is 368 g/mol. The molecule has 0 saturated carbocycles. The molecule has 142 valence electrons. The number of carbonyl (C=O) groups excluding carboxylic acids is 2. The highest BCUT2D eigenvalue weighted by molar-refractivity contribution is 6.08. The quantitative estimate of drug-likeness (QED) is 0.875. The molecule has 6 nitrogen and oxygen atoms in total. The highest BCUT2D eigenvalue weighted by Gasteiger charge is 2.23. The van der Waals surface area contributed by atoms with Crippen molar-refractivity contribution in [3.8, 4) is 11.5 Å². The van der Waals surface area contributed by atoms with Gasteiger partial charge in [-0.25, -0.2) is 0 Å². The van der Waals surface area contributed by atoms with E-state index in [1.807, 2.05) is 30.0 Å². The summed E-state index contributed by atoms with van der Waals surface area (Å²) in [5, 5.41) is 2.91. The van der Waals surface area contributed by atoms with Crippen LogP contribution in [-0.4, -0.2) is 32.6 Å². The van der Waals surface area contributed by atoms with Gasteiger partial charge in [-0.15, -0.1) is 0 Å². The topological polar surface area (TPSA) is 67.9 Å². The van der Waals surface area contributed by atoms with Crippen molar-refractivity contribution in [3.63, 3.8) is 0 Å². The first-order valence-electron chi connectivity index (χ1n) is 9.04. The summed E-state index contributed by atoms with van der Waals surface area (Å²) in [5.41, 5.74) is 3.02. The third kappa shape index (κ3) is 3.74. The van der Waals surface area contributed by atoms with E-state index in [0.29, 0.717) is 29.2 Å². The smallest absolute Gasteiger partial charge is 0.263 e. The summed E-state index contributed by atoms with van der Waals surface area (Å²) in [6.07, 6.45) is 2.27. The first-order valence-corrected chi connectivity index (χ1v) is 9.04. The maximum absolute atomic E-state index is 12.8. The Bertz CT molecular complexity index is 841. The molecule has 0 bridgehead atoms. The lowest BCUT2D eigenvalue weighted by Gasteiger charge is -2.29. The number of hydrogen-bond acceptors (Lipinski definition) is 4. The van der Waals surface area contributed by atoms with Gasteiger partial charge in [0.2, 0.25) is 5.91 Å². The number of anilines is 2. The number of methoxy groups -OCH3 is 2. The maximum atomic E-state index is 12.8. The van der Waals surface area contributed by atoms with Gasteiger partial charge in [-0.2, -0.15) is 0 Å². The van der Waals surface area contributed by atoms with Crippen molar-refractivity contribution in [2.45, 2.75) is 26.2 Å². The van der Waals surface area contributed by atoms with Gasteiger partial charge in [-0.3, -0.25) is 9.59 Å². The standard InChI is InChI=1S/C21H24N2O4/c1-4-19(24)23-12-6-7-14-13-15(10-11-16(14)23)22-21(25)20-17(26-2)8-5-9-18(20)27-3/h5,8-11,13H,4,6-7,12H2,1-3H3,(H,22,25). The number of nitrogens with one attached hydrogen (secondary N) is 1. The van der Waals surface area contributed by atoms with Crippen molar-refractivity contribution in [3.05, 3.63) is 47.5 Å². The lowest BCUT2D eigenvalue weighted by atomic mass is 10.0. The van der Waals surface area contributed by atoms with Gasteiger partial charge in [0.25, 0.3) is 5.91 Å². The zero-order chi connectivity index (χ0) is 19.4. The molecule has 0 fully saturated rings. The number of nitrogens with zero attached hydrogens (tertiary/aromatic N) is 1. The second-order valence-corrected chi connectivity index (χ2v) is 6.34. The van der Waals surface area contributed by atoms with Crippen LogP contribution >= 0.6 is 0 Å². The molecule has 0 atom stereocenters. The summed E-state index contributed by atoms with van der Waals surface area (Å²) >= 11 is 0. The minimum absolute atomic E-state index is 0.117. The van der Waals surface area contributed by atoms with E-state index in [4.69, 9.17) is 9.47 Å². The summed E-state index contributed by atoms with van der Waals surface area (Å²) in [6.45, 7) is 2.61. The van der Waals surface area contributed by atoms with Crippen LogP contribution in [0.2, 0.25) is 0 Å². The van der Waals surface area contributed by atoms with E-state index in [2.05, 4.69) is 5.32 Å². The Morgan fingerprint density at radius 2 is 1.81 bits per heavy atom. The number of ether oxygens (including phenoxy) is 2. The lowest BCUT2D eigenvalue weighted by molar-refractivity contribution is -0.118. The molecule has 1 N–H and O–H groups in total. The zero-order valence-corrected chi connectivity index (χ0v) is 15.9. The Labute approximate surface area is 159 Å². The molecule has 6 heteroatoms. The van der Waals surface area contributed by atoms with Gasteiger partial charge < -0.3 is 19.7 Å². The Morgan fingerprint density at radius 3 is 2.44 bits per heavy atom. The molecule has 0 aromatic heterocycles. The molecule has 0 radical (unpaired) electrons. The largest absolute Gasteiger partial charge is 0.496 e. The fourth-order valence-corrected chi connectivity index (χ4v) is 3.39. The molecule has 1 heterocycles. The summed E-state index contributed by atoms with van der Waals surface area (Å²) in [6, 6.07) is 10.9. The molecule has 1 aliphatic heterocycles. The third-order valence-electron chi connectivity index (χ3n) is 4.71. The molecule has 27 heavy (non-hydrogen) atoms. The molecule has 2 amide bonds. The van der Waals surface area contributed by atoms with Crippen LogP contribution in [0.3, 0.4) is 0 Å². The Hall–Kier alpha value is -3.02. The van der Waals surface area contributed by atoms with Gasteiger partial charge in [0.15, 0.2) is 0 Å².